The molecule has 1 aromatic carbocycles. The van der Waals surface area contributed by atoms with E-state index < -0.39 is 0 Å². The average molecular weight is 309 g/mol. The minimum atomic E-state index is 0.282. The van der Waals surface area contributed by atoms with Gasteiger partial charge in [0, 0.05) is 24.1 Å². The van der Waals surface area contributed by atoms with Crippen LogP contribution in [0.15, 0.2) is 12.1 Å². The van der Waals surface area contributed by atoms with Gasteiger partial charge in [-0.2, -0.15) is 11.8 Å². The van der Waals surface area contributed by atoms with Crippen molar-refractivity contribution < 1.29 is 9.47 Å². The first-order valence-corrected chi connectivity index (χ1v) is 9.20. The van der Waals surface area contributed by atoms with Crippen molar-refractivity contribution in [3.63, 3.8) is 0 Å². The number of hydrogen-bond acceptors (Lipinski definition) is 4. The number of thioether (sulfide) groups is 1. The number of unbranched alkanes of at least 4 members (excludes halogenated alkanes) is 2. The molecule has 1 aliphatic rings. The van der Waals surface area contributed by atoms with E-state index in [0.717, 1.165) is 31.0 Å². The molecule has 1 atom stereocenters. The Morgan fingerprint density at radius 1 is 1.33 bits per heavy atom. The maximum Gasteiger partial charge on any atom is 0.123 e. The molecule has 0 spiro atoms. The van der Waals surface area contributed by atoms with Gasteiger partial charge in [-0.05, 0) is 50.5 Å². The molecule has 0 saturated heterocycles. The summed E-state index contributed by atoms with van der Waals surface area (Å²) in [5, 5.41) is 3.51. The van der Waals surface area contributed by atoms with Crippen LogP contribution in [0.25, 0.3) is 0 Å². The lowest BCUT2D eigenvalue weighted by molar-refractivity contribution is 0.254. The first kappa shape index (κ1) is 16.5. The second-order valence-electron chi connectivity index (χ2n) is 5.63. The van der Waals surface area contributed by atoms with Gasteiger partial charge in [0.1, 0.15) is 17.6 Å². The van der Waals surface area contributed by atoms with Gasteiger partial charge in [-0.3, -0.25) is 0 Å². The van der Waals surface area contributed by atoms with Crippen molar-refractivity contribution in [2.75, 3.05) is 25.7 Å². The van der Waals surface area contributed by atoms with Crippen molar-refractivity contribution in [1.82, 2.24) is 5.32 Å². The molecule has 0 radical (unpaired) electrons. The van der Waals surface area contributed by atoms with Crippen LogP contribution in [0.4, 0.5) is 0 Å². The summed E-state index contributed by atoms with van der Waals surface area (Å²) < 4.78 is 11.4. The summed E-state index contributed by atoms with van der Waals surface area (Å²) in [6.07, 6.45) is 7.29. The molecular weight excluding hydrogens is 282 g/mol. The molecule has 3 nitrogen and oxygen atoms in total. The fraction of sp³-hybridized carbons (Fsp3) is 0.647. The van der Waals surface area contributed by atoms with E-state index in [4.69, 9.17) is 9.47 Å². The van der Waals surface area contributed by atoms with E-state index in [2.05, 4.69) is 30.6 Å². The van der Waals surface area contributed by atoms with E-state index in [1.807, 2.05) is 11.8 Å². The van der Waals surface area contributed by atoms with Crippen molar-refractivity contribution in [2.24, 2.45) is 0 Å². The van der Waals surface area contributed by atoms with Crippen LogP contribution in [0.1, 0.15) is 37.3 Å². The van der Waals surface area contributed by atoms with Crippen LogP contribution in [0.2, 0.25) is 0 Å². The van der Waals surface area contributed by atoms with Crippen LogP contribution in [-0.4, -0.2) is 31.8 Å². The molecule has 0 fully saturated rings. The summed E-state index contributed by atoms with van der Waals surface area (Å²) in [5.41, 5.74) is 2.45. The normalized spacial score (nSPS) is 16.6. The van der Waals surface area contributed by atoms with E-state index in [9.17, 15) is 0 Å². The minimum Gasteiger partial charge on any atom is -0.496 e. The summed E-state index contributed by atoms with van der Waals surface area (Å²) in [7, 11) is 1.74. The van der Waals surface area contributed by atoms with Gasteiger partial charge in [-0.25, -0.2) is 0 Å². The van der Waals surface area contributed by atoms with Gasteiger partial charge in [0.15, 0.2) is 0 Å². The summed E-state index contributed by atoms with van der Waals surface area (Å²) in [6.45, 7) is 4.02. The third-order valence-corrected chi connectivity index (χ3v) is 4.51. The fourth-order valence-corrected chi connectivity index (χ4v) is 3.20. The fourth-order valence-electron chi connectivity index (χ4n) is 2.71. The molecular formula is C17H27NO2S. The number of benzene rings is 1. The van der Waals surface area contributed by atoms with Crippen LogP contribution < -0.4 is 14.8 Å². The first-order valence-electron chi connectivity index (χ1n) is 7.80. The lowest BCUT2D eigenvalue weighted by Gasteiger charge is -2.12. The first-order chi connectivity index (χ1) is 10.2. The van der Waals surface area contributed by atoms with Gasteiger partial charge in [-0.15, -0.1) is 0 Å². The SMILES string of the molecule is COc1cc2c(cc1CNCCCCCSC)OC(C)C2. The Labute approximate surface area is 132 Å². The van der Waals surface area contributed by atoms with Gasteiger partial charge < -0.3 is 14.8 Å². The van der Waals surface area contributed by atoms with Gasteiger partial charge in [0.25, 0.3) is 0 Å². The molecule has 4 heteroatoms. The molecule has 1 aliphatic heterocycles. The molecule has 1 aromatic rings. The lowest BCUT2D eigenvalue weighted by Crippen LogP contribution is -2.15. The number of ether oxygens (including phenoxy) is 2. The molecule has 21 heavy (non-hydrogen) atoms. The van der Waals surface area contributed by atoms with Crippen molar-refractivity contribution in [3.8, 4) is 11.5 Å². The molecule has 0 saturated carbocycles. The molecule has 2 rings (SSSR count). The highest BCUT2D eigenvalue weighted by Crippen LogP contribution is 2.34. The Morgan fingerprint density at radius 2 is 2.19 bits per heavy atom. The Balaban J connectivity index is 1.81. The number of nitrogens with one attached hydrogen (secondary N) is 1. The molecule has 118 valence electrons. The lowest BCUT2D eigenvalue weighted by atomic mass is 10.1. The van der Waals surface area contributed by atoms with Crippen molar-refractivity contribution in [3.05, 3.63) is 23.3 Å². The quantitative estimate of drug-likeness (QED) is 0.706. The molecule has 1 N–H and O–H groups in total. The standard InChI is InChI=1S/C17H27NO2S/c1-13-9-14-10-16(19-2)15(11-17(14)20-13)12-18-7-5-4-6-8-21-3/h10-11,13,18H,4-9,12H2,1-3H3. The van der Waals surface area contributed by atoms with Gasteiger partial charge in [0.05, 0.1) is 7.11 Å². The third kappa shape index (κ3) is 4.82. The topological polar surface area (TPSA) is 30.5 Å². The van der Waals surface area contributed by atoms with Crippen molar-refractivity contribution in [2.45, 2.75) is 45.3 Å². The highest BCUT2D eigenvalue weighted by Gasteiger charge is 2.21. The minimum absolute atomic E-state index is 0.282. The molecule has 1 unspecified atom stereocenters. The van der Waals surface area contributed by atoms with Gasteiger partial charge in [0.2, 0.25) is 0 Å². The summed E-state index contributed by atoms with van der Waals surface area (Å²) in [5.74, 6) is 3.27. The van der Waals surface area contributed by atoms with Crippen molar-refractivity contribution >= 4 is 11.8 Å². The predicted molar refractivity (Wildman–Crippen MR) is 90.7 cm³/mol. The Morgan fingerprint density at radius 3 is 2.95 bits per heavy atom. The van der Waals surface area contributed by atoms with E-state index in [1.54, 1.807) is 7.11 Å². The highest BCUT2D eigenvalue weighted by atomic mass is 32.2. The van der Waals surface area contributed by atoms with Gasteiger partial charge >= 0.3 is 0 Å². The predicted octanol–water partition coefficient (Wildman–Crippen LogP) is 3.64. The molecule has 0 aromatic heterocycles. The monoisotopic (exact) mass is 309 g/mol. The largest absolute Gasteiger partial charge is 0.496 e. The average Bonchev–Trinajstić information content (AvgIpc) is 2.84. The molecule has 0 bridgehead atoms. The third-order valence-electron chi connectivity index (χ3n) is 3.82. The smallest absolute Gasteiger partial charge is 0.123 e. The van der Waals surface area contributed by atoms with E-state index in [-0.39, 0.29) is 6.10 Å². The number of hydrogen-bond donors (Lipinski definition) is 1. The maximum atomic E-state index is 5.83. The highest BCUT2D eigenvalue weighted by molar-refractivity contribution is 7.98. The van der Waals surface area contributed by atoms with Gasteiger partial charge in [-0.1, -0.05) is 6.42 Å². The van der Waals surface area contributed by atoms with E-state index in [0.29, 0.717) is 0 Å². The summed E-state index contributed by atoms with van der Waals surface area (Å²) in [4.78, 5) is 0. The Kier molecular flexibility index (Phi) is 6.71. The van der Waals surface area contributed by atoms with E-state index in [1.165, 1.54) is 36.1 Å². The maximum absolute atomic E-state index is 5.83. The molecule has 1 heterocycles. The Bertz CT molecular complexity index is 451. The number of methoxy groups -OCH3 is 1. The zero-order valence-electron chi connectivity index (χ0n) is 13.4. The summed E-state index contributed by atoms with van der Waals surface area (Å²) in [6, 6.07) is 4.27. The van der Waals surface area contributed by atoms with Crippen molar-refractivity contribution in [1.29, 1.82) is 0 Å². The van der Waals surface area contributed by atoms with Crippen LogP contribution in [0.3, 0.4) is 0 Å². The Hall–Kier alpha value is -0.870. The van der Waals surface area contributed by atoms with Crippen LogP contribution in [-0.2, 0) is 13.0 Å². The van der Waals surface area contributed by atoms with Crippen LogP contribution >= 0.6 is 11.8 Å². The number of fused-ring (bicyclic) bond motifs is 1. The summed E-state index contributed by atoms with van der Waals surface area (Å²) >= 11 is 1.93. The van der Waals surface area contributed by atoms with Crippen LogP contribution in [0, 0.1) is 0 Å². The second kappa shape index (κ2) is 8.54. The second-order valence-corrected chi connectivity index (χ2v) is 6.62. The zero-order valence-corrected chi connectivity index (χ0v) is 14.2. The zero-order chi connectivity index (χ0) is 15.1. The molecule has 0 aliphatic carbocycles. The van der Waals surface area contributed by atoms with E-state index >= 15 is 0 Å². The number of rotatable bonds is 9. The van der Waals surface area contributed by atoms with Crippen LogP contribution in [0.5, 0.6) is 11.5 Å². The molecule has 0 amide bonds.